The van der Waals surface area contributed by atoms with Gasteiger partial charge in [-0.05, 0) is 68.2 Å². The SMILES string of the molecule is COC(=O)CC(CC1CCNCC1)C1CNc2ccccc2C1.Cl. The zero-order chi connectivity index (χ0) is 16.1. The van der Waals surface area contributed by atoms with Gasteiger partial charge in [-0.15, -0.1) is 12.4 Å². The second-order valence-corrected chi connectivity index (χ2v) is 6.97. The molecular weight excluding hydrogens is 324 g/mol. The largest absolute Gasteiger partial charge is 0.469 e. The minimum atomic E-state index is -0.0669. The van der Waals surface area contributed by atoms with Gasteiger partial charge in [-0.1, -0.05) is 18.2 Å². The van der Waals surface area contributed by atoms with Crippen LogP contribution in [0.25, 0.3) is 0 Å². The minimum Gasteiger partial charge on any atom is -0.469 e. The molecule has 2 N–H and O–H groups in total. The van der Waals surface area contributed by atoms with Crippen molar-refractivity contribution in [3.63, 3.8) is 0 Å². The van der Waals surface area contributed by atoms with Gasteiger partial charge < -0.3 is 15.4 Å². The monoisotopic (exact) mass is 352 g/mol. The molecule has 2 aliphatic heterocycles. The van der Waals surface area contributed by atoms with Crippen molar-refractivity contribution in [3.05, 3.63) is 29.8 Å². The van der Waals surface area contributed by atoms with Gasteiger partial charge in [-0.3, -0.25) is 4.79 Å². The van der Waals surface area contributed by atoms with Crippen LogP contribution >= 0.6 is 12.4 Å². The van der Waals surface area contributed by atoms with E-state index in [0.29, 0.717) is 18.3 Å². The Hall–Kier alpha value is -1.26. The zero-order valence-electron chi connectivity index (χ0n) is 14.4. The first-order chi connectivity index (χ1) is 11.3. The van der Waals surface area contributed by atoms with Crippen LogP contribution < -0.4 is 10.6 Å². The normalized spacial score (nSPS) is 21.8. The van der Waals surface area contributed by atoms with Crippen LogP contribution in [0.3, 0.4) is 0 Å². The molecule has 4 nitrogen and oxygen atoms in total. The molecule has 24 heavy (non-hydrogen) atoms. The summed E-state index contributed by atoms with van der Waals surface area (Å²) in [5.41, 5.74) is 2.63. The van der Waals surface area contributed by atoms with E-state index in [2.05, 4.69) is 34.9 Å². The Labute approximate surface area is 151 Å². The summed E-state index contributed by atoms with van der Waals surface area (Å²) in [5.74, 6) is 1.59. The number of benzene rings is 1. The molecule has 0 bridgehead atoms. The summed E-state index contributed by atoms with van der Waals surface area (Å²) < 4.78 is 4.96. The number of halogens is 1. The first kappa shape index (κ1) is 19.1. The van der Waals surface area contributed by atoms with E-state index in [9.17, 15) is 4.79 Å². The number of methoxy groups -OCH3 is 1. The maximum atomic E-state index is 11.9. The van der Waals surface area contributed by atoms with Gasteiger partial charge in [-0.25, -0.2) is 0 Å². The molecule has 2 aliphatic rings. The molecule has 0 aromatic heterocycles. The zero-order valence-corrected chi connectivity index (χ0v) is 15.2. The maximum Gasteiger partial charge on any atom is 0.305 e. The first-order valence-corrected chi connectivity index (χ1v) is 8.85. The van der Waals surface area contributed by atoms with E-state index in [1.54, 1.807) is 0 Å². The molecule has 2 heterocycles. The Morgan fingerprint density at radius 1 is 1.29 bits per heavy atom. The van der Waals surface area contributed by atoms with Crippen LogP contribution in [-0.4, -0.2) is 32.7 Å². The summed E-state index contributed by atoms with van der Waals surface area (Å²) in [6.45, 7) is 3.19. The Morgan fingerprint density at radius 3 is 2.79 bits per heavy atom. The van der Waals surface area contributed by atoms with Gasteiger partial charge in [-0.2, -0.15) is 0 Å². The number of anilines is 1. The number of piperidine rings is 1. The van der Waals surface area contributed by atoms with E-state index in [1.807, 2.05) is 0 Å². The lowest BCUT2D eigenvalue weighted by Gasteiger charge is -2.35. The third kappa shape index (κ3) is 4.87. The van der Waals surface area contributed by atoms with Crippen LogP contribution in [0, 0.1) is 17.8 Å². The smallest absolute Gasteiger partial charge is 0.305 e. The highest BCUT2D eigenvalue weighted by Gasteiger charge is 2.30. The van der Waals surface area contributed by atoms with Crippen molar-refractivity contribution in [1.29, 1.82) is 0 Å². The van der Waals surface area contributed by atoms with Crippen molar-refractivity contribution in [2.24, 2.45) is 17.8 Å². The van der Waals surface area contributed by atoms with E-state index in [4.69, 9.17) is 4.74 Å². The van der Waals surface area contributed by atoms with Crippen molar-refractivity contribution in [1.82, 2.24) is 5.32 Å². The number of ether oxygens (including phenoxy) is 1. The van der Waals surface area contributed by atoms with Gasteiger partial charge in [0.15, 0.2) is 0 Å². The summed E-state index contributed by atoms with van der Waals surface area (Å²) in [6.07, 6.45) is 5.22. The van der Waals surface area contributed by atoms with Gasteiger partial charge in [0, 0.05) is 18.7 Å². The quantitative estimate of drug-likeness (QED) is 0.798. The van der Waals surface area contributed by atoms with E-state index in [-0.39, 0.29) is 18.4 Å². The lowest BCUT2D eigenvalue weighted by atomic mass is 9.76. The Morgan fingerprint density at radius 2 is 2.04 bits per heavy atom. The Balaban J connectivity index is 0.00000208. The molecule has 1 aromatic carbocycles. The third-order valence-electron chi connectivity index (χ3n) is 5.47. The molecule has 1 saturated heterocycles. The van der Waals surface area contributed by atoms with Crippen molar-refractivity contribution >= 4 is 24.1 Å². The highest BCUT2D eigenvalue weighted by molar-refractivity contribution is 5.85. The topological polar surface area (TPSA) is 50.4 Å². The molecule has 0 aliphatic carbocycles. The second kappa shape index (κ2) is 9.28. The third-order valence-corrected chi connectivity index (χ3v) is 5.47. The first-order valence-electron chi connectivity index (χ1n) is 8.85. The molecule has 1 aromatic rings. The van der Waals surface area contributed by atoms with Gasteiger partial charge in [0.05, 0.1) is 7.11 Å². The molecule has 134 valence electrons. The fraction of sp³-hybridized carbons (Fsp3) is 0.632. The lowest BCUT2D eigenvalue weighted by Crippen LogP contribution is -2.34. The summed E-state index contributed by atoms with van der Waals surface area (Å²) in [6, 6.07) is 8.53. The summed E-state index contributed by atoms with van der Waals surface area (Å²) in [7, 11) is 1.50. The molecule has 2 atom stereocenters. The van der Waals surface area contributed by atoms with Crippen LogP contribution in [0.5, 0.6) is 0 Å². The van der Waals surface area contributed by atoms with Crippen LogP contribution in [0.2, 0.25) is 0 Å². The number of esters is 1. The molecular formula is C19H29ClN2O2. The standard InChI is InChI=1S/C19H28N2O2.ClH/c1-23-19(22)12-16(10-14-6-8-20-9-7-14)17-11-15-4-2-3-5-18(15)21-13-17;/h2-5,14,16-17,20-21H,6-13H2,1H3;1H. The van der Waals surface area contributed by atoms with E-state index in [1.165, 1.54) is 31.2 Å². The number of nitrogens with one attached hydrogen (secondary N) is 2. The van der Waals surface area contributed by atoms with Crippen LogP contribution in [0.4, 0.5) is 5.69 Å². The second-order valence-electron chi connectivity index (χ2n) is 6.97. The number of hydrogen-bond donors (Lipinski definition) is 2. The summed E-state index contributed by atoms with van der Waals surface area (Å²) >= 11 is 0. The number of carbonyl (C=O) groups is 1. The number of fused-ring (bicyclic) bond motifs is 1. The Kier molecular flexibility index (Phi) is 7.38. The van der Waals surface area contributed by atoms with E-state index < -0.39 is 0 Å². The maximum absolute atomic E-state index is 11.9. The summed E-state index contributed by atoms with van der Waals surface area (Å²) in [5, 5.41) is 6.99. The molecule has 1 fully saturated rings. The molecule has 2 unspecified atom stereocenters. The number of para-hydroxylation sites is 1. The molecule has 0 radical (unpaired) electrons. The fourth-order valence-electron chi connectivity index (χ4n) is 4.09. The Bertz CT molecular complexity index is 532. The van der Waals surface area contributed by atoms with Crippen molar-refractivity contribution in [3.8, 4) is 0 Å². The average Bonchev–Trinajstić information content (AvgIpc) is 2.61. The molecule has 0 spiro atoms. The van der Waals surface area contributed by atoms with Crippen molar-refractivity contribution in [2.45, 2.75) is 32.1 Å². The van der Waals surface area contributed by atoms with Crippen LogP contribution in [-0.2, 0) is 16.0 Å². The van der Waals surface area contributed by atoms with E-state index >= 15 is 0 Å². The minimum absolute atomic E-state index is 0. The number of carbonyl (C=O) groups excluding carboxylic acids is 1. The van der Waals surface area contributed by atoms with Crippen LogP contribution in [0.15, 0.2) is 24.3 Å². The van der Waals surface area contributed by atoms with E-state index in [0.717, 1.165) is 38.4 Å². The predicted octanol–water partition coefficient (Wildman–Crippen LogP) is 3.26. The van der Waals surface area contributed by atoms with Gasteiger partial charge in [0.25, 0.3) is 0 Å². The summed E-state index contributed by atoms with van der Waals surface area (Å²) in [4.78, 5) is 11.9. The fourth-order valence-corrected chi connectivity index (χ4v) is 4.09. The van der Waals surface area contributed by atoms with Gasteiger partial charge in [0.2, 0.25) is 0 Å². The highest BCUT2D eigenvalue weighted by atomic mass is 35.5. The lowest BCUT2D eigenvalue weighted by molar-refractivity contribution is -0.142. The van der Waals surface area contributed by atoms with Gasteiger partial charge >= 0.3 is 5.97 Å². The molecule has 3 rings (SSSR count). The molecule has 5 heteroatoms. The number of hydrogen-bond acceptors (Lipinski definition) is 4. The average molecular weight is 353 g/mol. The molecule has 0 amide bonds. The molecule has 0 saturated carbocycles. The van der Waals surface area contributed by atoms with Gasteiger partial charge in [0.1, 0.15) is 0 Å². The predicted molar refractivity (Wildman–Crippen MR) is 99.7 cm³/mol. The van der Waals surface area contributed by atoms with Crippen LogP contribution in [0.1, 0.15) is 31.2 Å². The highest BCUT2D eigenvalue weighted by Crippen LogP contribution is 2.35. The number of rotatable bonds is 5. The van der Waals surface area contributed by atoms with Crippen molar-refractivity contribution in [2.75, 3.05) is 32.1 Å². The van der Waals surface area contributed by atoms with Crippen molar-refractivity contribution < 1.29 is 9.53 Å².